The highest BCUT2D eigenvalue weighted by atomic mass is 32.2. The molecule has 4 rings (SSSR count). The number of aromatic nitrogens is 3. The molecule has 0 saturated heterocycles. The van der Waals surface area contributed by atoms with Crippen molar-refractivity contribution < 1.29 is 14.3 Å². The van der Waals surface area contributed by atoms with Crippen LogP contribution in [0, 0.1) is 20.8 Å². The van der Waals surface area contributed by atoms with Gasteiger partial charge >= 0.3 is 0 Å². The smallest absolute Gasteiger partial charge is 0.231 e. The molecule has 27 heavy (non-hydrogen) atoms. The summed E-state index contributed by atoms with van der Waals surface area (Å²) in [5, 5.41) is 8.96. The average Bonchev–Trinajstić information content (AvgIpc) is 3.35. The summed E-state index contributed by atoms with van der Waals surface area (Å²) in [5.74, 6) is 2.02. The Kier molecular flexibility index (Phi) is 4.92. The van der Waals surface area contributed by atoms with Gasteiger partial charge < -0.3 is 14.0 Å². The fraction of sp³-hybridized carbons (Fsp3) is 0.316. The van der Waals surface area contributed by atoms with Crippen molar-refractivity contribution in [1.82, 2.24) is 14.8 Å². The van der Waals surface area contributed by atoms with Gasteiger partial charge in [-0.15, -0.1) is 10.2 Å². The predicted molar refractivity (Wildman–Crippen MR) is 105 cm³/mol. The van der Waals surface area contributed by atoms with E-state index < -0.39 is 0 Å². The van der Waals surface area contributed by atoms with Crippen molar-refractivity contribution >= 4 is 28.9 Å². The molecule has 0 bridgehead atoms. The first-order valence-corrected chi connectivity index (χ1v) is 10.3. The highest BCUT2D eigenvalue weighted by Crippen LogP contribution is 2.33. The summed E-state index contributed by atoms with van der Waals surface area (Å²) in [6, 6.07) is 7.92. The summed E-state index contributed by atoms with van der Waals surface area (Å²) < 4.78 is 13.8. The topological polar surface area (TPSA) is 66.2 Å². The minimum absolute atomic E-state index is 0.109. The molecule has 6 nitrogen and oxygen atoms in total. The maximum Gasteiger partial charge on any atom is 0.231 e. The summed E-state index contributed by atoms with van der Waals surface area (Å²) in [5.41, 5.74) is 3.91. The third kappa shape index (κ3) is 3.72. The van der Waals surface area contributed by atoms with Gasteiger partial charge in [0.25, 0.3) is 0 Å². The molecule has 0 aliphatic carbocycles. The Labute approximate surface area is 165 Å². The number of ether oxygens (including phenoxy) is 2. The molecule has 1 aliphatic heterocycles. The Morgan fingerprint density at radius 1 is 1.19 bits per heavy atom. The minimum Gasteiger partial charge on any atom is -0.454 e. The number of nitrogens with zero attached hydrogens (tertiary/aromatic N) is 3. The molecule has 0 atom stereocenters. The molecule has 0 radical (unpaired) electrons. The zero-order valence-electron chi connectivity index (χ0n) is 15.3. The molecule has 0 fully saturated rings. The number of fused-ring (bicyclic) bond motifs is 1. The van der Waals surface area contributed by atoms with E-state index in [-0.39, 0.29) is 12.6 Å². The zero-order chi connectivity index (χ0) is 19.0. The minimum atomic E-state index is 0.109. The third-order valence-corrected chi connectivity index (χ3v) is 6.46. The quantitative estimate of drug-likeness (QED) is 0.459. The molecule has 0 unspecified atom stereocenters. The Morgan fingerprint density at radius 2 is 2.00 bits per heavy atom. The van der Waals surface area contributed by atoms with Crippen molar-refractivity contribution in [2.75, 3.05) is 12.5 Å². The lowest BCUT2D eigenvalue weighted by molar-refractivity contribution is 0.102. The summed E-state index contributed by atoms with van der Waals surface area (Å²) in [6.07, 6.45) is 0. The van der Waals surface area contributed by atoms with E-state index in [9.17, 15) is 4.79 Å². The molecule has 3 heterocycles. The van der Waals surface area contributed by atoms with Crippen molar-refractivity contribution in [3.63, 3.8) is 0 Å². The van der Waals surface area contributed by atoms with Gasteiger partial charge in [-0.2, -0.15) is 0 Å². The Hall–Kier alpha value is -2.32. The molecular formula is C19H19N3O3S2. The third-order valence-electron chi connectivity index (χ3n) is 4.49. The number of thioether (sulfide) groups is 1. The van der Waals surface area contributed by atoms with Crippen molar-refractivity contribution in [2.24, 2.45) is 0 Å². The maximum absolute atomic E-state index is 12.7. The van der Waals surface area contributed by atoms with E-state index in [1.54, 1.807) is 0 Å². The van der Waals surface area contributed by atoms with Gasteiger partial charge in [0.1, 0.15) is 5.01 Å². The fourth-order valence-electron chi connectivity index (χ4n) is 3.09. The molecule has 1 aliphatic rings. The molecule has 0 amide bonds. The van der Waals surface area contributed by atoms with E-state index in [4.69, 9.17) is 9.47 Å². The Morgan fingerprint density at radius 3 is 2.78 bits per heavy atom. The van der Waals surface area contributed by atoms with Crippen LogP contribution in [-0.2, 0) is 6.54 Å². The van der Waals surface area contributed by atoms with Crippen molar-refractivity contribution in [2.45, 2.75) is 31.7 Å². The number of carbonyl (C=O) groups is 1. The Bertz CT molecular complexity index is 1010. The van der Waals surface area contributed by atoms with Gasteiger partial charge in [-0.05, 0) is 44.5 Å². The van der Waals surface area contributed by atoms with Gasteiger partial charge in [-0.25, -0.2) is 0 Å². The summed E-state index contributed by atoms with van der Waals surface area (Å²) in [6.45, 7) is 6.88. The van der Waals surface area contributed by atoms with Gasteiger partial charge in [0.05, 0.1) is 5.75 Å². The summed E-state index contributed by atoms with van der Waals surface area (Å²) >= 11 is 2.95. The number of rotatable bonds is 6. The van der Waals surface area contributed by atoms with Crippen LogP contribution < -0.4 is 9.47 Å². The van der Waals surface area contributed by atoms with E-state index in [2.05, 4.69) is 14.8 Å². The largest absolute Gasteiger partial charge is 0.454 e. The predicted octanol–water partition coefficient (Wildman–Crippen LogP) is 4.02. The standard InChI is InChI=1S/C19H19N3O3S2/c1-11-6-15(16(23)9-26-19-21-20-13(3)27-19)12(2)22(11)8-14-4-5-17-18(7-14)25-10-24-17/h4-7H,8-10H2,1-3H3. The van der Waals surface area contributed by atoms with Crippen LogP contribution in [0.3, 0.4) is 0 Å². The van der Waals surface area contributed by atoms with Crippen LogP contribution >= 0.6 is 23.1 Å². The lowest BCUT2D eigenvalue weighted by Crippen LogP contribution is -2.07. The van der Waals surface area contributed by atoms with Gasteiger partial charge in [-0.1, -0.05) is 29.2 Å². The number of ketones is 1. The molecule has 0 spiro atoms. The average molecular weight is 402 g/mol. The molecule has 2 aromatic heterocycles. The van der Waals surface area contributed by atoms with E-state index in [0.717, 1.165) is 43.4 Å². The second-order valence-corrected chi connectivity index (χ2v) is 8.76. The van der Waals surface area contributed by atoms with Crippen LogP contribution in [-0.4, -0.2) is 33.1 Å². The van der Waals surface area contributed by atoms with Crippen LogP contribution in [0.15, 0.2) is 28.6 Å². The fourth-order valence-corrected chi connectivity index (χ4v) is 4.79. The summed E-state index contributed by atoms with van der Waals surface area (Å²) in [4.78, 5) is 12.7. The maximum atomic E-state index is 12.7. The number of hydrogen-bond donors (Lipinski definition) is 0. The van der Waals surface area contributed by atoms with Gasteiger partial charge in [0, 0.05) is 23.5 Å². The van der Waals surface area contributed by atoms with Gasteiger partial charge in [0.2, 0.25) is 6.79 Å². The van der Waals surface area contributed by atoms with Crippen LogP contribution in [0.25, 0.3) is 0 Å². The van der Waals surface area contributed by atoms with Gasteiger partial charge in [-0.3, -0.25) is 4.79 Å². The number of Topliss-reactive ketones (excluding diaryl/α,β-unsaturated/α-hetero) is 1. The number of benzene rings is 1. The molecule has 140 valence electrons. The first kappa shape index (κ1) is 18.1. The zero-order valence-corrected chi connectivity index (χ0v) is 16.9. The molecule has 3 aromatic rings. The second kappa shape index (κ2) is 7.36. The van der Waals surface area contributed by atoms with E-state index in [1.807, 2.05) is 45.0 Å². The Balaban J connectivity index is 1.50. The number of aryl methyl sites for hydroxylation is 2. The monoisotopic (exact) mass is 401 g/mol. The van der Waals surface area contributed by atoms with Crippen LogP contribution in [0.4, 0.5) is 0 Å². The normalized spacial score (nSPS) is 12.6. The second-order valence-electron chi connectivity index (χ2n) is 6.36. The van der Waals surface area contributed by atoms with Crippen LogP contribution in [0.5, 0.6) is 11.5 Å². The van der Waals surface area contributed by atoms with E-state index in [1.165, 1.54) is 23.1 Å². The van der Waals surface area contributed by atoms with Crippen molar-refractivity contribution in [3.05, 3.63) is 51.8 Å². The lowest BCUT2D eigenvalue weighted by atomic mass is 10.1. The van der Waals surface area contributed by atoms with E-state index >= 15 is 0 Å². The number of carbonyl (C=O) groups excluding carboxylic acids is 1. The summed E-state index contributed by atoms with van der Waals surface area (Å²) in [7, 11) is 0. The first-order chi connectivity index (χ1) is 13.0. The van der Waals surface area contributed by atoms with Crippen molar-refractivity contribution in [3.8, 4) is 11.5 Å². The lowest BCUT2D eigenvalue weighted by Gasteiger charge is -2.10. The van der Waals surface area contributed by atoms with Crippen LogP contribution in [0.2, 0.25) is 0 Å². The van der Waals surface area contributed by atoms with E-state index in [0.29, 0.717) is 12.3 Å². The molecule has 0 N–H and O–H groups in total. The van der Waals surface area contributed by atoms with Crippen molar-refractivity contribution in [1.29, 1.82) is 0 Å². The molecular weight excluding hydrogens is 382 g/mol. The SMILES string of the molecule is Cc1nnc(SCC(=O)c2cc(C)n(Cc3ccc4c(c3)OCO4)c2C)s1. The first-order valence-electron chi connectivity index (χ1n) is 8.52. The van der Waals surface area contributed by atoms with Crippen LogP contribution in [0.1, 0.15) is 32.3 Å². The highest BCUT2D eigenvalue weighted by molar-refractivity contribution is 8.01. The van der Waals surface area contributed by atoms with Gasteiger partial charge in [0.15, 0.2) is 21.6 Å². The highest BCUT2D eigenvalue weighted by Gasteiger charge is 2.18. The molecule has 1 aromatic carbocycles. The number of hydrogen-bond acceptors (Lipinski definition) is 7. The molecule has 8 heteroatoms. The molecule has 0 saturated carbocycles.